The fourth-order valence-electron chi connectivity index (χ4n) is 3.03. The van der Waals surface area contributed by atoms with Gasteiger partial charge >= 0.3 is 0 Å². The number of carbonyl (C=O) groups excluding carboxylic acids is 3. The lowest BCUT2D eigenvalue weighted by atomic mass is 10.2. The van der Waals surface area contributed by atoms with Gasteiger partial charge in [0.15, 0.2) is 0 Å². The number of ketones is 1. The van der Waals surface area contributed by atoms with Crippen LogP contribution in [-0.2, 0) is 14.4 Å². The Labute approximate surface area is 153 Å². The smallest absolute Gasteiger partial charge is 0.287 e. The van der Waals surface area contributed by atoms with Gasteiger partial charge in [-0.2, -0.15) is 0 Å². The molecule has 140 valence electrons. The molecule has 7 nitrogen and oxygen atoms in total. The number of para-hydroxylation sites is 1. The van der Waals surface area contributed by atoms with Crippen LogP contribution in [0.25, 0.3) is 0 Å². The summed E-state index contributed by atoms with van der Waals surface area (Å²) >= 11 is 0. The van der Waals surface area contributed by atoms with E-state index >= 15 is 0 Å². The van der Waals surface area contributed by atoms with Gasteiger partial charge in [0.2, 0.25) is 11.7 Å². The number of Topliss-reactive ketones (excluding diaryl/α,β-unsaturated/α-hetero) is 1. The molecule has 0 spiro atoms. The number of ether oxygens (including phenoxy) is 1. The molecule has 2 aliphatic rings. The lowest BCUT2D eigenvalue weighted by Gasteiger charge is -2.34. The number of benzene rings is 1. The first-order valence-corrected chi connectivity index (χ1v) is 9.14. The van der Waals surface area contributed by atoms with Crippen LogP contribution < -0.4 is 10.1 Å². The van der Waals surface area contributed by atoms with E-state index in [4.69, 9.17) is 4.74 Å². The average Bonchev–Trinajstić information content (AvgIpc) is 3.52. The summed E-state index contributed by atoms with van der Waals surface area (Å²) in [6, 6.07) is 9.81. The van der Waals surface area contributed by atoms with E-state index in [2.05, 4.69) is 10.2 Å². The zero-order valence-electron chi connectivity index (χ0n) is 14.9. The zero-order valence-corrected chi connectivity index (χ0v) is 14.9. The highest BCUT2D eigenvalue weighted by molar-refractivity contribution is 6.36. The van der Waals surface area contributed by atoms with Crippen LogP contribution in [-0.4, -0.2) is 72.8 Å². The SMILES string of the molecule is O=C(CCOc1ccccc1)C(=O)NCC(=O)N1CCN(C2CC2)CC1. The van der Waals surface area contributed by atoms with Crippen molar-refractivity contribution in [3.8, 4) is 5.75 Å². The molecular weight excluding hydrogens is 334 g/mol. The number of hydrogen-bond acceptors (Lipinski definition) is 5. The highest BCUT2D eigenvalue weighted by Gasteiger charge is 2.32. The number of piperazine rings is 1. The van der Waals surface area contributed by atoms with E-state index < -0.39 is 11.7 Å². The van der Waals surface area contributed by atoms with Crippen molar-refractivity contribution in [1.82, 2.24) is 15.1 Å². The van der Waals surface area contributed by atoms with Crippen LogP contribution in [0.5, 0.6) is 5.75 Å². The first kappa shape index (κ1) is 18.4. The monoisotopic (exact) mass is 359 g/mol. The summed E-state index contributed by atoms with van der Waals surface area (Å²) in [6.45, 7) is 3.15. The van der Waals surface area contributed by atoms with Crippen molar-refractivity contribution >= 4 is 17.6 Å². The Bertz CT molecular complexity index is 637. The largest absolute Gasteiger partial charge is 0.493 e. The molecule has 7 heteroatoms. The van der Waals surface area contributed by atoms with Crippen LogP contribution in [0.4, 0.5) is 0 Å². The predicted molar refractivity (Wildman–Crippen MR) is 95.7 cm³/mol. The fraction of sp³-hybridized carbons (Fsp3) is 0.526. The summed E-state index contributed by atoms with van der Waals surface area (Å²) in [4.78, 5) is 40.0. The minimum Gasteiger partial charge on any atom is -0.493 e. The Morgan fingerprint density at radius 2 is 1.73 bits per heavy atom. The first-order chi connectivity index (χ1) is 12.6. The molecular formula is C19H25N3O4. The number of amides is 2. The van der Waals surface area contributed by atoms with E-state index in [1.807, 2.05) is 18.2 Å². The third-order valence-electron chi connectivity index (χ3n) is 4.72. The van der Waals surface area contributed by atoms with Gasteiger partial charge in [0.1, 0.15) is 5.75 Å². The van der Waals surface area contributed by atoms with Crippen molar-refractivity contribution in [2.24, 2.45) is 0 Å². The lowest BCUT2D eigenvalue weighted by Crippen LogP contribution is -2.52. The van der Waals surface area contributed by atoms with Crippen molar-refractivity contribution in [3.63, 3.8) is 0 Å². The molecule has 1 saturated heterocycles. The van der Waals surface area contributed by atoms with Crippen LogP contribution in [0.1, 0.15) is 19.3 Å². The molecule has 1 aliphatic carbocycles. The highest BCUT2D eigenvalue weighted by Crippen LogP contribution is 2.27. The zero-order chi connectivity index (χ0) is 18.4. The van der Waals surface area contributed by atoms with Crippen molar-refractivity contribution in [2.45, 2.75) is 25.3 Å². The van der Waals surface area contributed by atoms with Gasteiger partial charge in [-0.3, -0.25) is 19.3 Å². The molecule has 0 unspecified atom stereocenters. The summed E-state index contributed by atoms with van der Waals surface area (Å²) in [5, 5.41) is 2.43. The molecule has 0 radical (unpaired) electrons. The maximum atomic E-state index is 12.2. The quantitative estimate of drug-likeness (QED) is 0.682. The van der Waals surface area contributed by atoms with Gasteiger partial charge in [0.05, 0.1) is 19.6 Å². The maximum Gasteiger partial charge on any atom is 0.287 e. The predicted octanol–water partition coefficient (Wildman–Crippen LogP) is 0.447. The molecule has 1 N–H and O–H groups in total. The third-order valence-corrected chi connectivity index (χ3v) is 4.72. The number of rotatable bonds is 8. The van der Waals surface area contributed by atoms with Gasteiger partial charge < -0.3 is 15.0 Å². The van der Waals surface area contributed by atoms with E-state index in [-0.39, 0.29) is 25.5 Å². The number of hydrogen-bond donors (Lipinski definition) is 1. The van der Waals surface area contributed by atoms with Crippen LogP contribution in [0.3, 0.4) is 0 Å². The van der Waals surface area contributed by atoms with Crippen LogP contribution in [0, 0.1) is 0 Å². The molecule has 26 heavy (non-hydrogen) atoms. The Balaban J connectivity index is 1.31. The van der Waals surface area contributed by atoms with Gasteiger partial charge in [-0.1, -0.05) is 18.2 Å². The maximum absolute atomic E-state index is 12.2. The summed E-state index contributed by atoms with van der Waals surface area (Å²) in [6.07, 6.45) is 2.51. The second kappa shape index (κ2) is 8.80. The average molecular weight is 359 g/mol. The van der Waals surface area contributed by atoms with Crippen LogP contribution >= 0.6 is 0 Å². The van der Waals surface area contributed by atoms with E-state index in [0.29, 0.717) is 24.9 Å². The molecule has 0 aromatic heterocycles. The number of nitrogens with zero attached hydrogens (tertiary/aromatic N) is 2. The first-order valence-electron chi connectivity index (χ1n) is 9.14. The molecule has 1 saturated carbocycles. The molecule has 0 atom stereocenters. The molecule has 1 aromatic rings. The Hall–Kier alpha value is -2.41. The Morgan fingerprint density at radius 1 is 1.04 bits per heavy atom. The molecule has 3 rings (SSSR count). The number of carbonyl (C=O) groups is 3. The molecule has 1 aromatic carbocycles. The van der Waals surface area contributed by atoms with E-state index in [9.17, 15) is 14.4 Å². The van der Waals surface area contributed by atoms with Gasteiger partial charge in [-0.15, -0.1) is 0 Å². The molecule has 1 aliphatic heterocycles. The Morgan fingerprint density at radius 3 is 2.38 bits per heavy atom. The van der Waals surface area contributed by atoms with Crippen LogP contribution in [0.2, 0.25) is 0 Å². The summed E-state index contributed by atoms with van der Waals surface area (Å²) < 4.78 is 5.40. The third kappa shape index (κ3) is 5.29. The van der Waals surface area contributed by atoms with Gasteiger partial charge in [-0.05, 0) is 25.0 Å². The van der Waals surface area contributed by atoms with E-state index in [0.717, 1.165) is 13.1 Å². The normalized spacial score (nSPS) is 17.6. The van der Waals surface area contributed by atoms with Gasteiger partial charge in [0.25, 0.3) is 5.91 Å². The second-order valence-electron chi connectivity index (χ2n) is 6.67. The summed E-state index contributed by atoms with van der Waals surface area (Å²) in [5.41, 5.74) is 0. The van der Waals surface area contributed by atoms with E-state index in [1.54, 1.807) is 17.0 Å². The van der Waals surface area contributed by atoms with Gasteiger partial charge in [0, 0.05) is 32.2 Å². The Kier molecular flexibility index (Phi) is 6.22. The van der Waals surface area contributed by atoms with E-state index in [1.165, 1.54) is 12.8 Å². The van der Waals surface area contributed by atoms with Crippen LogP contribution in [0.15, 0.2) is 30.3 Å². The topological polar surface area (TPSA) is 78.9 Å². The minimum absolute atomic E-state index is 0.0189. The highest BCUT2D eigenvalue weighted by atomic mass is 16.5. The standard InChI is InChI=1S/C19H25N3O4/c23-17(8-13-26-16-4-2-1-3-5-16)19(25)20-14-18(24)22-11-9-21(10-12-22)15-6-7-15/h1-5,15H,6-14H2,(H,20,25). The van der Waals surface area contributed by atoms with Crippen molar-refractivity contribution in [3.05, 3.63) is 30.3 Å². The minimum atomic E-state index is -0.730. The summed E-state index contributed by atoms with van der Waals surface area (Å²) in [5.74, 6) is -0.790. The van der Waals surface area contributed by atoms with Crippen molar-refractivity contribution in [2.75, 3.05) is 39.3 Å². The van der Waals surface area contributed by atoms with Crippen molar-refractivity contribution in [1.29, 1.82) is 0 Å². The molecule has 2 amide bonds. The molecule has 2 fully saturated rings. The lowest BCUT2D eigenvalue weighted by molar-refractivity contribution is -0.140. The van der Waals surface area contributed by atoms with Gasteiger partial charge in [-0.25, -0.2) is 0 Å². The summed E-state index contributed by atoms with van der Waals surface area (Å²) in [7, 11) is 0. The molecule has 0 bridgehead atoms. The number of nitrogens with one attached hydrogen (secondary N) is 1. The second-order valence-corrected chi connectivity index (χ2v) is 6.67. The fourth-order valence-corrected chi connectivity index (χ4v) is 3.03. The molecule has 1 heterocycles. The van der Waals surface area contributed by atoms with Crippen molar-refractivity contribution < 1.29 is 19.1 Å².